The summed E-state index contributed by atoms with van der Waals surface area (Å²) in [7, 11) is 0. The third-order valence-corrected chi connectivity index (χ3v) is 4.37. The number of amides is 1. The largest absolute Gasteiger partial charge is 0.459 e. The fourth-order valence-electron chi connectivity index (χ4n) is 3.08. The van der Waals surface area contributed by atoms with E-state index in [-0.39, 0.29) is 11.7 Å². The molecule has 0 atom stereocenters. The number of rotatable bonds is 3. The summed E-state index contributed by atoms with van der Waals surface area (Å²) in [4.78, 5) is 13.8. The molecule has 0 unspecified atom stereocenters. The normalized spacial score (nSPS) is 11.1. The molecule has 0 radical (unpaired) electrons. The molecule has 0 saturated heterocycles. The second kappa shape index (κ2) is 6.10. The molecule has 0 aliphatic heterocycles. The van der Waals surface area contributed by atoms with Crippen molar-refractivity contribution in [2.75, 3.05) is 5.32 Å². The van der Waals surface area contributed by atoms with Crippen LogP contribution >= 0.6 is 0 Å². The van der Waals surface area contributed by atoms with E-state index in [4.69, 9.17) is 4.42 Å². The van der Waals surface area contributed by atoms with Crippen LogP contribution in [0, 0.1) is 0 Å². The number of fused-ring (bicyclic) bond motifs is 2. The first-order chi connectivity index (χ1) is 13.3. The molecule has 5 aromatic rings. The van der Waals surface area contributed by atoms with Crippen LogP contribution in [0.5, 0.6) is 0 Å². The minimum absolute atomic E-state index is 0.259. The Kier molecular flexibility index (Phi) is 3.47. The van der Waals surface area contributed by atoms with Gasteiger partial charge in [-0.05, 0) is 41.8 Å². The van der Waals surface area contributed by atoms with Gasteiger partial charge in [-0.2, -0.15) is 0 Å². The summed E-state index contributed by atoms with van der Waals surface area (Å²) in [6.07, 6.45) is 1.47. The third-order valence-electron chi connectivity index (χ3n) is 4.37. The Bertz CT molecular complexity index is 1270. The lowest BCUT2D eigenvalue weighted by Gasteiger charge is -2.04. The zero-order valence-electron chi connectivity index (χ0n) is 14.2. The fraction of sp³-hybridized carbons (Fsp3) is 0. The van der Waals surface area contributed by atoms with Crippen LogP contribution in [0.4, 0.5) is 5.69 Å². The summed E-state index contributed by atoms with van der Waals surface area (Å²) in [6.45, 7) is 0. The molecule has 1 amide bonds. The van der Waals surface area contributed by atoms with Gasteiger partial charge < -0.3 is 9.73 Å². The second-order valence-electron chi connectivity index (χ2n) is 6.12. The van der Waals surface area contributed by atoms with Crippen molar-refractivity contribution in [1.82, 2.24) is 15.0 Å². The van der Waals surface area contributed by atoms with E-state index in [1.165, 1.54) is 6.26 Å². The zero-order chi connectivity index (χ0) is 18.2. The van der Waals surface area contributed by atoms with Gasteiger partial charge in [-0.25, -0.2) is 0 Å². The first-order valence-corrected chi connectivity index (χ1v) is 8.48. The van der Waals surface area contributed by atoms with Gasteiger partial charge in [0.15, 0.2) is 5.76 Å². The summed E-state index contributed by atoms with van der Waals surface area (Å²) in [6, 6.07) is 22.9. The van der Waals surface area contributed by atoms with Crippen LogP contribution in [0.1, 0.15) is 10.6 Å². The van der Waals surface area contributed by atoms with E-state index in [0.717, 1.165) is 22.0 Å². The van der Waals surface area contributed by atoms with E-state index in [2.05, 4.69) is 27.6 Å². The van der Waals surface area contributed by atoms with Crippen LogP contribution in [0.25, 0.3) is 27.5 Å². The maximum absolute atomic E-state index is 12.1. The number of aromatic nitrogens is 3. The summed E-state index contributed by atoms with van der Waals surface area (Å²) in [5.41, 5.74) is 2.98. The van der Waals surface area contributed by atoms with E-state index in [1.807, 2.05) is 36.4 Å². The highest BCUT2D eigenvalue weighted by atomic mass is 16.3. The number of benzene rings is 3. The van der Waals surface area contributed by atoms with E-state index in [9.17, 15) is 4.79 Å². The molecular weight excluding hydrogens is 340 g/mol. The van der Waals surface area contributed by atoms with E-state index >= 15 is 0 Å². The molecular formula is C21H14N4O2. The molecule has 0 fully saturated rings. The summed E-state index contributed by atoms with van der Waals surface area (Å²) < 4.78 is 5.11. The van der Waals surface area contributed by atoms with Crippen LogP contribution in [0.3, 0.4) is 0 Å². The molecule has 5 rings (SSSR count). The van der Waals surface area contributed by atoms with Crippen molar-refractivity contribution in [3.8, 4) is 5.69 Å². The van der Waals surface area contributed by atoms with Crippen molar-refractivity contribution in [1.29, 1.82) is 0 Å². The molecule has 130 valence electrons. The second-order valence-corrected chi connectivity index (χ2v) is 6.12. The molecule has 6 heteroatoms. The summed E-state index contributed by atoms with van der Waals surface area (Å²) >= 11 is 0. The van der Waals surface area contributed by atoms with Gasteiger partial charge in [0, 0.05) is 11.1 Å². The van der Waals surface area contributed by atoms with Gasteiger partial charge in [0.25, 0.3) is 5.91 Å². The van der Waals surface area contributed by atoms with Gasteiger partial charge in [-0.1, -0.05) is 36.4 Å². The molecule has 27 heavy (non-hydrogen) atoms. The molecule has 0 saturated carbocycles. The van der Waals surface area contributed by atoms with Crippen LogP contribution in [-0.2, 0) is 0 Å². The van der Waals surface area contributed by atoms with E-state index < -0.39 is 0 Å². The number of carbonyl (C=O) groups is 1. The highest BCUT2D eigenvalue weighted by molar-refractivity contribution is 6.03. The average molecular weight is 354 g/mol. The molecule has 0 aliphatic rings. The van der Waals surface area contributed by atoms with E-state index in [0.29, 0.717) is 11.2 Å². The lowest BCUT2D eigenvalue weighted by molar-refractivity contribution is 0.0996. The van der Waals surface area contributed by atoms with Gasteiger partial charge >= 0.3 is 0 Å². The van der Waals surface area contributed by atoms with E-state index in [1.54, 1.807) is 29.1 Å². The Labute approximate surface area is 154 Å². The number of nitrogens with zero attached hydrogens (tertiary/aromatic N) is 3. The van der Waals surface area contributed by atoms with Crippen molar-refractivity contribution in [2.24, 2.45) is 0 Å². The SMILES string of the molecule is O=C(Nc1ccc2nn(-c3cccc4ccccc34)nc2c1)c1ccco1. The number of anilines is 1. The molecule has 1 N–H and O–H groups in total. The quantitative estimate of drug-likeness (QED) is 0.520. The Morgan fingerprint density at radius 2 is 1.74 bits per heavy atom. The smallest absolute Gasteiger partial charge is 0.291 e. The lowest BCUT2D eigenvalue weighted by Crippen LogP contribution is -2.10. The van der Waals surface area contributed by atoms with Gasteiger partial charge in [0.2, 0.25) is 0 Å². The van der Waals surface area contributed by atoms with Crippen LogP contribution < -0.4 is 5.32 Å². The van der Waals surface area contributed by atoms with Crippen molar-refractivity contribution in [3.63, 3.8) is 0 Å². The van der Waals surface area contributed by atoms with Crippen molar-refractivity contribution in [3.05, 3.63) is 84.8 Å². The Morgan fingerprint density at radius 3 is 2.63 bits per heavy atom. The number of hydrogen-bond donors (Lipinski definition) is 1. The van der Waals surface area contributed by atoms with Crippen molar-refractivity contribution < 1.29 is 9.21 Å². The third kappa shape index (κ3) is 2.73. The lowest BCUT2D eigenvalue weighted by atomic mass is 10.1. The molecule has 2 heterocycles. The fourth-order valence-corrected chi connectivity index (χ4v) is 3.08. The molecule has 3 aromatic carbocycles. The monoisotopic (exact) mass is 354 g/mol. The van der Waals surface area contributed by atoms with Crippen LogP contribution in [0.15, 0.2) is 83.5 Å². The maximum atomic E-state index is 12.1. The molecule has 0 aliphatic carbocycles. The molecule has 0 bridgehead atoms. The molecule has 6 nitrogen and oxygen atoms in total. The Balaban J connectivity index is 1.53. The molecule has 0 spiro atoms. The number of nitrogens with one attached hydrogen (secondary N) is 1. The number of furan rings is 1. The summed E-state index contributed by atoms with van der Waals surface area (Å²) in [5, 5.41) is 14.2. The highest BCUT2D eigenvalue weighted by Crippen LogP contribution is 2.23. The first-order valence-electron chi connectivity index (χ1n) is 8.48. The maximum Gasteiger partial charge on any atom is 0.291 e. The molecule has 2 aromatic heterocycles. The average Bonchev–Trinajstić information content (AvgIpc) is 3.37. The van der Waals surface area contributed by atoms with Gasteiger partial charge in [0.05, 0.1) is 12.0 Å². The highest BCUT2D eigenvalue weighted by Gasteiger charge is 2.11. The number of carbonyl (C=O) groups excluding carboxylic acids is 1. The predicted octanol–water partition coefficient (Wildman–Crippen LogP) is 4.42. The van der Waals surface area contributed by atoms with Crippen molar-refractivity contribution in [2.45, 2.75) is 0 Å². The summed E-state index contributed by atoms with van der Waals surface area (Å²) in [5.74, 6) is -0.0460. The minimum Gasteiger partial charge on any atom is -0.459 e. The number of hydrogen-bond acceptors (Lipinski definition) is 4. The minimum atomic E-state index is -0.305. The van der Waals surface area contributed by atoms with Gasteiger partial charge in [-0.15, -0.1) is 15.0 Å². The van der Waals surface area contributed by atoms with Gasteiger partial charge in [-0.3, -0.25) is 4.79 Å². The Hall–Kier alpha value is -3.93. The Morgan fingerprint density at radius 1 is 0.889 bits per heavy atom. The van der Waals surface area contributed by atoms with Crippen molar-refractivity contribution >= 4 is 33.4 Å². The topological polar surface area (TPSA) is 73.0 Å². The van der Waals surface area contributed by atoms with Crippen LogP contribution in [-0.4, -0.2) is 20.9 Å². The predicted molar refractivity (Wildman–Crippen MR) is 103 cm³/mol. The van der Waals surface area contributed by atoms with Gasteiger partial charge in [0.1, 0.15) is 11.0 Å². The standard InChI is InChI=1S/C21H14N4O2/c26-21(20-9-4-12-27-20)22-15-10-11-17-18(13-15)24-25(23-17)19-8-3-6-14-5-1-2-7-16(14)19/h1-13H,(H,22,26). The first kappa shape index (κ1) is 15.3. The zero-order valence-corrected chi connectivity index (χ0v) is 14.2. The van der Waals surface area contributed by atoms with Crippen LogP contribution in [0.2, 0.25) is 0 Å².